The van der Waals surface area contributed by atoms with Gasteiger partial charge in [0.15, 0.2) is 0 Å². The van der Waals surface area contributed by atoms with Gasteiger partial charge < -0.3 is 10.2 Å². The van der Waals surface area contributed by atoms with Gasteiger partial charge in [0.25, 0.3) is 0 Å². The molecule has 1 aliphatic rings. The van der Waals surface area contributed by atoms with Crippen LogP contribution in [0.2, 0.25) is 0 Å². The zero-order valence-corrected chi connectivity index (χ0v) is 11.5. The van der Waals surface area contributed by atoms with Crippen LogP contribution in [0.5, 0.6) is 0 Å². The Hall–Kier alpha value is -1.10. The summed E-state index contributed by atoms with van der Waals surface area (Å²) in [5.41, 5.74) is 0. The zero-order chi connectivity index (χ0) is 13.4. The monoisotopic (exact) mass is 255 g/mol. The van der Waals surface area contributed by atoms with Crippen LogP contribution in [0.4, 0.5) is 0 Å². The van der Waals surface area contributed by atoms with Gasteiger partial charge in [-0.3, -0.25) is 14.9 Å². The van der Waals surface area contributed by atoms with Crippen molar-refractivity contribution in [1.82, 2.24) is 15.5 Å². The molecule has 5 nitrogen and oxygen atoms in total. The van der Waals surface area contributed by atoms with Gasteiger partial charge in [0.05, 0.1) is 13.1 Å². The van der Waals surface area contributed by atoms with Crippen molar-refractivity contribution in [2.75, 3.05) is 26.2 Å². The molecule has 104 valence electrons. The molecule has 0 aromatic rings. The molecule has 18 heavy (non-hydrogen) atoms. The Labute approximate surface area is 109 Å². The fourth-order valence-corrected chi connectivity index (χ4v) is 2.09. The smallest absolute Gasteiger partial charge is 0.236 e. The van der Waals surface area contributed by atoms with E-state index in [4.69, 9.17) is 0 Å². The van der Waals surface area contributed by atoms with E-state index in [1.807, 2.05) is 18.7 Å². The number of carbonyl (C=O) groups is 2. The summed E-state index contributed by atoms with van der Waals surface area (Å²) in [5, 5.41) is 5.68. The highest BCUT2D eigenvalue weighted by molar-refractivity contribution is 5.81. The second-order valence-electron chi connectivity index (χ2n) is 5.12. The van der Waals surface area contributed by atoms with Crippen LogP contribution in [0.1, 0.15) is 39.5 Å². The number of carbonyl (C=O) groups excluding carboxylic acids is 2. The van der Waals surface area contributed by atoms with Crippen LogP contribution in [0.3, 0.4) is 0 Å². The lowest BCUT2D eigenvalue weighted by molar-refractivity contribution is -0.130. The van der Waals surface area contributed by atoms with E-state index in [-0.39, 0.29) is 30.9 Å². The van der Waals surface area contributed by atoms with Crippen molar-refractivity contribution < 1.29 is 9.59 Å². The minimum absolute atomic E-state index is 0.0614. The summed E-state index contributed by atoms with van der Waals surface area (Å²) >= 11 is 0. The number of hydrogen-bond donors (Lipinski definition) is 2. The average Bonchev–Trinajstić information content (AvgIpc) is 2.56. The summed E-state index contributed by atoms with van der Waals surface area (Å²) in [7, 11) is 0. The van der Waals surface area contributed by atoms with Gasteiger partial charge >= 0.3 is 0 Å². The standard InChI is InChI=1S/C13H25N3O2/c1-11(2)15-12(17)9-14-10-13(18)16-7-5-3-4-6-8-16/h11,14H,3-10H2,1-2H3,(H,15,17). The number of nitrogens with zero attached hydrogens (tertiary/aromatic N) is 1. The highest BCUT2D eigenvalue weighted by Crippen LogP contribution is 2.09. The maximum atomic E-state index is 11.9. The van der Waals surface area contributed by atoms with Crippen LogP contribution in [-0.2, 0) is 9.59 Å². The lowest BCUT2D eigenvalue weighted by Crippen LogP contribution is -2.43. The van der Waals surface area contributed by atoms with Gasteiger partial charge in [-0.15, -0.1) is 0 Å². The number of hydrogen-bond acceptors (Lipinski definition) is 3. The molecule has 2 amide bonds. The third-order valence-electron chi connectivity index (χ3n) is 2.97. The molecule has 0 aromatic carbocycles. The lowest BCUT2D eigenvalue weighted by Gasteiger charge is -2.20. The minimum Gasteiger partial charge on any atom is -0.353 e. The van der Waals surface area contributed by atoms with Gasteiger partial charge in [0.1, 0.15) is 0 Å². The van der Waals surface area contributed by atoms with E-state index in [1.165, 1.54) is 12.8 Å². The summed E-state index contributed by atoms with van der Waals surface area (Å²) in [6.07, 6.45) is 4.63. The fraction of sp³-hybridized carbons (Fsp3) is 0.846. The van der Waals surface area contributed by atoms with Crippen molar-refractivity contribution >= 4 is 11.8 Å². The number of nitrogens with one attached hydrogen (secondary N) is 2. The van der Waals surface area contributed by atoms with Crippen LogP contribution in [0, 0.1) is 0 Å². The zero-order valence-electron chi connectivity index (χ0n) is 11.5. The van der Waals surface area contributed by atoms with Gasteiger partial charge in [0.2, 0.25) is 11.8 Å². The second-order valence-corrected chi connectivity index (χ2v) is 5.12. The molecular formula is C13H25N3O2. The van der Waals surface area contributed by atoms with Gasteiger partial charge in [0, 0.05) is 19.1 Å². The van der Waals surface area contributed by atoms with Crippen LogP contribution < -0.4 is 10.6 Å². The van der Waals surface area contributed by atoms with Crippen LogP contribution >= 0.6 is 0 Å². The molecule has 0 radical (unpaired) electrons. The molecule has 1 aliphatic heterocycles. The van der Waals surface area contributed by atoms with E-state index < -0.39 is 0 Å². The topological polar surface area (TPSA) is 61.4 Å². The van der Waals surface area contributed by atoms with Crippen molar-refractivity contribution in [3.63, 3.8) is 0 Å². The first kappa shape index (κ1) is 15.0. The SMILES string of the molecule is CC(C)NC(=O)CNCC(=O)N1CCCCCC1. The Kier molecular flexibility index (Phi) is 6.72. The molecule has 0 aliphatic carbocycles. The van der Waals surface area contributed by atoms with Gasteiger partial charge in [-0.2, -0.15) is 0 Å². The number of amides is 2. The Bertz CT molecular complexity index is 271. The molecule has 2 N–H and O–H groups in total. The molecular weight excluding hydrogens is 230 g/mol. The van der Waals surface area contributed by atoms with E-state index >= 15 is 0 Å². The van der Waals surface area contributed by atoms with E-state index in [2.05, 4.69) is 10.6 Å². The summed E-state index contributed by atoms with van der Waals surface area (Å²) in [6, 6.07) is 0.139. The molecule has 1 fully saturated rings. The second kappa shape index (κ2) is 8.08. The Morgan fingerprint density at radius 3 is 2.22 bits per heavy atom. The summed E-state index contributed by atoms with van der Waals surface area (Å²) < 4.78 is 0. The highest BCUT2D eigenvalue weighted by atomic mass is 16.2. The minimum atomic E-state index is -0.0614. The maximum Gasteiger partial charge on any atom is 0.236 e. The first-order valence-electron chi connectivity index (χ1n) is 6.87. The molecule has 1 saturated heterocycles. The third kappa shape index (κ3) is 6.00. The third-order valence-corrected chi connectivity index (χ3v) is 2.97. The maximum absolute atomic E-state index is 11.9. The summed E-state index contributed by atoms with van der Waals surface area (Å²) in [5.74, 6) is 0.0444. The van der Waals surface area contributed by atoms with Crippen molar-refractivity contribution in [3.8, 4) is 0 Å². The molecule has 1 heterocycles. The molecule has 0 saturated carbocycles. The van der Waals surface area contributed by atoms with Crippen molar-refractivity contribution in [2.45, 2.75) is 45.6 Å². The molecule has 5 heteroatoms. The van der Waals surface area contributed by atoms with Gasteiger partial charge in [-0.1, -0.05) is 12.8 Å². The van der Waals surface area contributed by atoms with E-state index in [0.717, 1.165) is 25.9 Å². The Balaban J connectivity index is 2.17. The Morgan fingerprint density at radius 1 is 1.06 bits per heavy atom. The van der Waals surface area contributed by atoms with Crippen molar-refractivity contribution in [1.29, 1.82) is 0 Å². The average molecular weight is 255 g/mol. The predicted molar refractivity (Wildman–Crippen MR) is 71.2 cm³/mol. The molecule has 0 aromatic heterocycles. The predicted octanol–water partition coefficient (Wildman–Crippen LogP) is 0.503. The fourth-order valence-electron chi connectivity index (χ4n) is 2.09. The first-order valence-corrected chi connectivity index (χ1v) is 6.87. The summed E-state index contributed by atoms with van der Waals surface area (Å²) in [6.45, 7) is 6.02. The van der Waals surface area contributed by atoms with E-state index in [9.17, 15) is 9.59 Å². The highest BCUT2D eigenvalue weighted by Gasteiger charge is 2.15. The van der Waals surface area contributed by atoms with Crippen LogP contribution in [0.25, 0.3) is 0 Å². The Morgan fingerprint density at radius 2 is 1.67 bits per heavy atom. The number of likely N-dealkylation sites (tertiary alicyclic amines) is 1. The molecule has 0 unspecified atom stereocenters. The molecule has 0 atom stereocenters. The normalized spacial score (nSPS) is 16.5. The number of rotatable bonds is 5. The van der Waals surface area contributed by atoms with Crippen LogP contribution in [0.15, 0.2) is 0 Å². The summed E-state index contributed by atoms with van der Waals surface area (Å²) in [4.78, 5) is 25.2. The largest absolute Gasteiger partial charge is 0.353 e. The molecule has 0 spiro atoms. The lowest BCUT2D eigenvalue weighted by atomic mass is 10.2. The van der Waals surface area contributed by atoms with E-state index in [0.29, 0.717) is 0 Å². The molecule has 0 bridgehead atoms. The van der Waals surface area contributed by atoms with Gasteiger partial charge in [-0.05, 0) is 26.7 Å². The van der Waals surface area contributed by atoms with Crippen molar-refractivity contribution in [2.24, 2.45) is 0 Å². The first-order chi connectivity index (χ1) is 8.59. The van der Waals surface area contributed by atoms with Crippen LogP contribution in [-0.4, -0.2) is 48.9 Å². The van der Waals surface area contributed by atoms with E-state index in [1.54, 1.807) is 0 Å². The van der Waals surface area contributed by atoms with Crippen molar-refractivity contribution in [3.05, 3.63) is 0 Å². The quantitative estimate of drug-likeness (QED) is 0.752. The van der Waals surface area contributed by atoms with Gasteiger partial charge in [-0.25, -0.2) is 0 Å². The molecule has 1 rings (SSSR count).